The second kappa shape index (κ2) is 7.39. The lowest BCUT2D eigenvalue weighted by Crippen LogP contribution is -2.21. The molecule has 3 nitrogen and oxygen atoms in total. The van der Waals surface area contributed by atoms with Crippen LogP contribution in [0.25, 0.3) is 0 Å². The quantitative estimate of drug-likeness (QED) is 0.800. The third-order valence-corrected chi connectivity index (χ3v) is 3.24. The molecule has 0 saturated carbocycles. The Labute approximate surface area is 113 Å². The molecule has 0 heterocycles. The predicted molar refractivity (Wildman–Crippen MR) is 73.7 cm³/mol. The Balaban J connectivity index is 2.49. The summed E-state index contributed by atoms with van der Waals surface area (Å²) < 4.78 is 0. The molecule has 1 aromatic carbocycles. The fraction of sp³-hybridized carbons (Fsp3) is 0.500. The Bertz CT molecular complexity index is 395. The second-order valence-electron chi connectivity index (χ2n) is 4.87. The number of carbonyl (C=O) groups is 1. The summed E-state index contributed by atoms with van der Waals surface area (Å²) >= 11 is 5.93. The van der Waals surface area contributed by atoms with E-state index in [2.05, 4.69) is 6.92 Å². The SMILES string of the molecule is C[C@H](Cc1cccc(Cl)c1)C[C@H](CN)CC(=O)O. The van der Waals surface area contributed by atoms with Crippen LogP contribution in [0.15, 0.2) is 24.3 Å². The number of carboxylic acid groups (broad SMARTS) is 1. The number of benzene rings is 1. The highest BCUT2D eigenvalue weighted by Gasteiger charge is 2.15. The van der Waals surface area contributed by atoms with Gasteiger partial charge in [0.25, 0.3) is 0 Å². The number of rotatable bonds is 7. The molecule has 0 amide bonds. The molecule has 0 aliphatic carbocycles. The summed E-state index contributed by atoms with van der Waals surface area (Å²) in [5.74, 6) is -0.326. The molecule has 100 valence electrons. The van der Waals surface area contributed by atoms with Gasteiger partial charge in [0.15, 0.2) is 0 Å². The first-order valence-corrected chi connectivity index (χ1v) is 6.55. The van der Waals surface area contributed by atoms with Crippen molar-refractivity contribution in [1.29, 1.82) is 0 Å². The largest absolute Gasteiger partial charge is 0.481 e. The molecule has 1 aromatic rings. The minimum absolute atomic E-state index is 0.0525. The Morgan fingerprint density at radius 2 is 2.22 bits per heavy atom. The van der Waals surface area contributed by atoms with Gasteiger partial charge in [0, 0.05) is 11.4 Å². The molecule has 0 unspecified atom stereocenters. The number of halogens is 1. The van der Waals surface area contributed by atoms with Crippen molar-refractivity contribution in [3.63, 3.8) is 0 Å². The number of nitrogens with two attached hydrogens (primary N) is 1. The normalized spacial score (nSPS) is 14.2. The molecule has 0 aromatic heterocycles. The summed E-state index contributed by atoms with van der Waals surface area (Å²) in [6.07, 6.45) is 1.88. The highest BCUT2D eigenvalue weighted by atomic mass is 35.5. The van der Waals surface area contributed by atoms with E-state index in [0.717, 1.165) is 17.9 Å². The van der Waals surface area contributed by atoms with Crippen molar-refractivity contribution in [3.8, 4) is 0 Å². The van der Waals surface area contributed by atoms with Crippen LogP contribution in [0.3, 0.4) is 0 Å². The zero-order chi connectivity index (χ0) is 13.5. The van der Waals surface area contributed by atoms with Crippen molar-refractivity contribution in [2.24, 2.45) is 17.6 Å². The lowest BCUT2D eigenvalue weighted by Gasteiger charge is -2.18. The van der Waals surface area contributed by atoms with Crippen molar-refractivity contribution in [2.45, 2.75) is 26.2 Å². The van der Waals surface area contributed by atoms with E-state index in [4.69, 9.17) is 22.4 Å². The topological polar surface area (TPSA) is 63.3 Å². The standard InChI is InChI=1S/C14H20ClNO2/c1-10(6-12(9-16)8-14(17)18)5-11-3-2-4-13(15)7-11/h2-4,7,10,12H,5-6,8-9,16H2,1H3,(H,17,18)/t10-,12+/m1/s1. The zero-order valence-corrected chi connectivity index (χ0v) is 11.4. The van der Waals surface area contributed by atoms with Gasteiger partial charge in [-0.05, 0) is 48.9 Å². The summed E-state index contributed by atoms with van der Waals surface area (Å²) in [7, 11) is 0. The Morgan fingerprint density at radius 1 is 1.50 bits per heavy atom. The molecule has 18 heavy (non-hydrogen) atoms. The average molecular weight is 270 g/mol. The summed E-state index contributed by atoms with van der Waals surface area (Å²) in [6, 6.07) is 7.77. The van der Waals surface area contributed by atoms with Crippen LogP contribution in [0.5, 0.6) is 0 Å². The summed E-state index contributed by atoms with van der Waals surface area (Å²) in [4.78, 5) is 10.7. The lowest BCUT2D eigenvalue weighted by atomic mass is 9.89. The minimum Gasteiger partial charge on any atom is -0.481 e. The van der Waals surface area contributed by atoms with E-state index in [9.17, 15) is 4.79 Å². The van der Waals surface area contributed by atoms with Crippen molar-refractivity contribution < 1.29 is 9.90 Å². The Kier molecular flexibility index (Phi) is 6.16. The molecule has 0 fully saturated rings. The molecular weight excluding hydrogens is 250 g/mol. The summed E-state index contributed by atoms with van der Waals surface area (Å²) in [6.45, 7) is 2.54. The maximum atomic E-state index is 10.7. The van der Waals surface area contributed by atoms with Gasteiger partial charge >= 0.3 is 5.97 Å². The average Bonchev–Trinajstić information content (AvgIpc) is 2.27. The lowest BCUT2D eigenvalue weighted by molar-refractivity contribution is -0.138. The van der Waals surface area contributed by atoms with Gasteiger partial charge in [-0.1, -0.05) is 30.7 Å². The van der Waals surface area contributed by atoms with E-state index in [0.29, 0.717) is 12.5 Å². The van der Waals surface area contributed by atoms with Gasteiger partial charge in [-0.15, -0.1) is 0 Å². The monoisotopic (exact) mass is 269 g/mol. The van der Waals surface area contributed by atoms with Gasteiger partial charge in [-0.2, -0.15) is 0 Å². The molecule has 3 N–H and O–H groups in total. The Morgan fingerprint density at radius 3 is 2.78 bits per heavy atom. The van der Waals surface area contributed by atoms with Crippen LogP contribution in [0.1, 0.15) is 25.3 Å². The minimum atomic E-state index is -0.777. The van der Waals surface area contributed by atoms with Crippen molar-refractivity contribution >= 4 is 17.6 Å². The van der Waals surface area contributed by atoms with E-state index >= 15 is 0 Å². The maximum Gasteiger partial charge on any atom is 0.303 e. The first-order valence-electron chi connectivity index (χ1n) is 6.17. The highest BCUT2D eigenvalue weighted by Crippen LogP contribution is 2.20. The van der Waals surface area contributed by atoms with Gasteiger partial charge in [0.05, 0.1) is 0 Å². The van der Waals surface area contributed by atoms with E-state index in [1.165, 1.54) is 5.56 Å². The van der Waals surface area contributed by atoms with Crippen LogP contribution < -0.4 is 5.73 Å². The molecule has 0 aliphatic heterocycles. The van der Waals surface area contributed by atoms with Gasteiger partial charge in [0.1, 0.15) is 0 Å². The molecule has 4 heteroatoms. The number of aliphatic carboxylic acids is 1. The van der Waals surface area contributed by atoms with Crippen LogP contribution >= 0.6 is 11.6 Å². The number of carboxylic acids is 1. The molecule has 0 radical (unpaired) electrons. The second-order valence-corrected chi connectivity index (χ2v) is 5.31. The van der Waals surface area contributed by atoms with Crippen LogP contribution in [0.2, 0.25) is 5.02 Å². The molecule has 0 saturated heterocycles. The highest BCUT2D eigenvalue weighted by molar-refractivity contribution is 6.30. The molecule has 2 atom stereocenters. The van der Waals surface area contributed by atoms with Crippen LogP contribution in [-0.4, -0.2) is 17.6 Å². The van der Waals surface area contributed by atoms with E-state index in [-0.39, 0.29) is 12.3 Å². The van der Waals surface area contributed by atoms with E-state index in [1.54, 1.807) is 0 Å². The molecule has 0 spiro atoms. The fourth-order valence-corrected chi connectivity index (χ4v) is 2.44. The van der Waals surface area contributed by atoms with Crippen LogP contribution in [0, 0.1) is 11.8 Å². The van der Waals surface area contributed by atoms with Gasteiger partial charge in [-0.25, -0.2) is 0 Å². The molecule has 0 aliphatic rings. The third kappa shape index (κ3) is 5.52. The summed E-state index contributed by atoms with van der Waals surface area (Å²) in [5.41, 5.74) is 6.78. The van der Waals surface area contributed by atoms with Gasteiger partial charge in [0.2, 0.25) is 0 Å². The summed E-state index contributed by atoms with van der Waals surface area (Å²) in [5, 5.41) is 9.52. The number of hydrogen-bond donors (Lipinski definition) is 2. The predicted octanol–water partition coefficient (Wildman–Crippen LogP) is 2.96. The third-order valence-electron chi connectivity index (χ3n) is 3.01. The van der Waals surface area contributed by atoms with E-state index < -0.39 is 5.97 Å². The molecule has 0 bridgehead atoms. The van der Waals surface area contributed by atoms with Gasteiger partial charge in [-0.3, -0.25) is 4.79 Å². The first kappa shape index (κ1) is 15.0. The Hall–Kier alpha value is -1.06. The first-order chi connectivity index (χ1) is 8.51. The number of hydrogen-bond acceptors (Lipinski definition) is 2. The van der Waals surface area contributed by atoms with Crippen LogP contribution in [-0.2, 0) is 11.2 Å². The van der Waals surface area contributed by atoms with E-state index in [1.807, 2.05) is 24.3 Å². The van der Waals surface area contributed by atoms with Crippen molar-refractivity contribution in [3.05, 3.63) is 34.9 Å². The van der Waals surface area contributed by atoms with Gasteiger partial charge < -0.3 is 10.8 Å². The van der Waals surface area contributed by atoms with Crippen molar-refractivity contribution in [1.82, 2.24) is 0 Å². The fourth-order valence-electron chi connectivity index (χ4n) is 2.23. The zero-order valence-electron chi connectivity index (χ0n) is 10.6. The maximum absolute atomic E-state index is 10.7. The molecule has 1 rings (SSSR count). The smallest absolute Gasteiger partial charge is 0.303 e. The molecular formula is C14H20ClNO2. The van der Waals surface area contributed by atoms with Crippen molar-refractivity contribution in [2.75, 3.05) is 6.54 Å². The van der Waals surface area contributed by atoms with Crippen LogP contribution in [0.4, 0.5) is 0 Å².